The van der Waals surface area contributed by atoms with Crippen molar-refractivity contribution in [3.05, 3.63) is 57.9 Å². The minimum atomic E-state index is -0.551. The van der Waals surface area contributed by atoms with Gasteiger partial charge in [-0.25, -0.2) is 9.02 Å². The summed E-state index contributed by atoms with van der Waals surface area (Å²) in [6.07, 6.45) is 1.16. The molecule has 2 aromatic carbocycles. The van der Waals surface area contributed by atoms with Crippen LogP contribution in [0.1, 0.15) is 16.1 Å². The first-order chi connectivity index (χ1) is 14.5. The van der Waals surface area contributed by atoms with Gasteiger partial charge in [0.2, 0.25) is 5.82 Å². The molecule has 0 saturated heterocycles. The molecule has 3 aromatic rings. The molecule has 0 bridgehead atoms. The molecule has 30 heavy (non-hydrogen) atoms. The summed E-state index contributed by atoms with van der Waals surface area (Å²) in [5.41, 5.74) is 3.22. The van der Waals surface area contributed by atoms with E-state index in [2.05, 4.69) is 46.8 Å². The number of ether oxygens (including phenoxy) is 2. The van der Waals surface area contributed by atoms with Gasteiger partial charge in [0.1, 0.15) is 29.1 Å². The van der Waals surface area contributed by atoms with Crippen LogP contribution < -0.4 is 20.3 Å². The zero-order valence-corrected chi connectivity index (χ0v) is 17.3. The number of nitrogens with one attached hydrogen (secondary N) is 2. The minimum Gasteiger partial charge on any atom is -0.496 e. The Morgan fingerprint density at radius 1 is 1.20 bits per heavy atom. The van der Waals surface area contributed by atoms with E-state index in [4.69, 9.17) is 14.4 Å². The van der Waals surface area contributed by atoms with Gasteiger partial charge in [-0.05, 0) is 56.6 Å². The number of halogens is 2. The Hall–Kier alpha value is -3.67. The van der Waals surface area contributed by atoms with Gasteiger partial charge in [-0.2, -0.15) is 5.48 Å². The number of rotatable bonds is 8. The van der Waals surface area contributed by atoms with Gasteiger partial charge in [0.15, 0.2) is 5.69 Å². The number of methoxy groups -OCH3 is 2. The minimum absolute atomic E-state index is 0.00448. The quantitative estimate of drug-likeness (QED) is 0.371. The van der Waals surface area contributed by atoms with Crippen molar-refractivity contribution >= 4 is 39.6 Å². The number of hydrogen-bond acceptors (Lipinski definition) is 9. The van der Waals surface area contributed by atoms with E-state index < -0.39 is 11.7 Å². The predicted molar refractivity (Wildman–Crippen MR) is 108 cm³/mol. The van der Waals surface area contributed by atoms with Gasteiger partial charge >= 0.3 is 0 Å². The van der Waals surface area contributed by atoms with Crippen molar-refractivity contribution < 1.29 is 28.2 Å². The maximum Gasteiger partial charge on any atom is 0.264 e. The number of nitrogens with zero attached hydrogens (tertiary/aromatic N) is 3. The third-order valence-corrected chi connectivity index (χ3v) is 4.32. The van der Waals surface area contributed by atoms with Crippen LogP contribution in [0.25, 0.3) is 0 Å². The lowest BCUT2D eigenvalue weighted by molar-refractivity contribution is 0.102. The SMILES string of the molecule is COc1cccc(OC)c1C(=O)Nc1nonc1/C=N/ONc1ccc(F)c(Br)c1. The summed E-state index contributed by atoms with van der Waals surface area (Å²) in [6.45, 7) is 0. The second-order valence-corrected chi connectivity index (χ2v) is 6.40. The maximum absolute atomic E-state index is 13.2. The molecule has 0 aliphatic heterocycles. The standard InChI is InChI=1S/C18H15BrFN5O5/c1-27-14-4-3-5-15(28-2)16(14)18(26)22-17-13(24-30-25-17)9-21-29-23-10-6-7-12(20)11(19)8-10/h3-9,23H,1-2H3,(H,22,25,26)/b21-9+. The van der Waals surface area contributed by atoms with Gasteiger partial charge in [-0.3, -0.25) is 9.73 Å². The number of aromatic nitrogens is 2. The van der Waals surface area contributed by atoms with E-state index in [-0.39, 0.29) is 21.5 Å². The van der Waals surface area contributed by atoms with E-state index in [1.54, 1.807) is 18.2 Å². The fourth-order valence-electron chi connectivity index (χ4n) is 2.33. The number of carbonyl (C=O) groups is 1. The van der Waals surface area contributed by atoms with Crippen molar-refractivity contribution in [3.63, 3.8) is 0 Å². The zero-order chi connectivity index (χ0) is 21.5. The number of hydrogen-bond donors (Lipinski definition) is 2. The van der Waals surface area contributed by atoms with E-state index in [1.165, 1.54) is 32.4 Å². The third-order valence-electron chi connectivity index (χ3n) is 3.71. The first kappa shape index (κ1) is 21.0. The molecule has 0 aliphatic carbocycles. The molecule has 1 aromatic heterocycles. The number of anilines is 2. The first-order valence-corrected chi connectivity index (χ1v) is 9.08. The summed E-state index contributed by atoms with van der Waals surface area (Å²) in [5, 5.41) is 13.5. The molecule has 156 valence electrons. The predicted octanol–water partition coefficient (Wildman–Crippen LogP) is 3.62. The van der Waals surface area contributed by atoms with Gasteiger partial charge < -0.3 is 14.8 Å². The smallest absolute Gasteiger partial charge is 0.264 e. The highest BCUT2D eigenvalue weighted by Crippen LogP contribution is 2.29. The number of carbonyl (C=O) groups excluding carboxylic acids is 1. The van der Waals surface area contributed by atoms with Crippen LogP contribution in [-0.2, 0) is 4.94 Å². The van der Waals surface area contributed by atoms with Crippen LogP contribution in [0.15, 0.2) is 50.7 Å². The second-order valence-electron chi connectivity index (χ2n) is 5.55. The molecule has 0 fully saturated rings. The number of amides is 1. The normalized spacial score (nSPS) is 10.7. The summed E-state index contributed by atoms with van der Waals surface area (Å²) in [6, 6.07) is 9.10. The fraction of sp³-hybridized carbons (Fsp3) is 0.111. The average molecular weight is 480 g/mol. The topological polar surface area (TPSA) is 120 Å². The monoisotopic (exact) mass is 479 g/mol. The van der Waals surface area contributed by atoms with E-state index in [0.29, 0.717) is 17.2 Å². The highest BCUT2D eigenvalue weighted by molar-refractivity contribution is 9.10. The molecule has 1 heterocycles. The van der Waals surface area contributed by atoms with Crippen molar-refractivity contribution in [2.24, 2.45) is 5.16 Å². The lowest BCUT2D eigenvalue weighted by atomic mass is 10.1. The summed E-state index contributed by atoms with van der Waals surface area (Å²) in [5.74, 6) is -0.326. The molecule has 1 amide bonds. The van der Waals surface area contributed by atoms with E-state index >= 15 is 0 Å². The van der Waals surface area contributed by atoms with Gasteiger partial charge in [-0.15, -0.1) is 0 Å². The Labute approximate surface area is 178 Å². The van der Waals surface area contributed by atoms with Gasteiger partial charge in [0.05, 0.1) is 24.4 Å². The molecule has 0 spiro atoms. The van der Waals surface area contributed by atoms with Crippen LogP contribution in [0.2, 0.25) is 0 Å². The maximum atomic E-state index is 13.2. The molecular formula is C18H15BrFN5O5. The molecule has 0 unspecified atom stereocenters. The number of oxime groups is 1. The lowest BCUT2D eigenvalue weighted by Gasteiger charge is -2.11. The summed E-state index contributed by atoms with van der Waals surface area (Å²) >= 11 is 3.06. The average Bonchev–Trinajstić information content (AvgIpc) is 3.19. The van der Waals surface area contributed by atoms with Crippen LogP contribution in [0.5, 0.6) is 11.5 Å². The Morgan fingerprint density at radius 3 is 2.60 bits per heavy atom. The van der Waals surface area contributed by atoms with Crippen LogP contribution in [0.4, 0.5) is 15.9 Å². The van der Waals surface area contributed by atoms with Crippen molar-refractivity contribution in [2.45, 2.75) is 0 Å². The molecular weight excluding hydrogens is 465 g/mol. The van der Waals surface area contributed by atoms with Crippen molar-refractivity contribution in [2.75, 3.05) is 25.0 Å². The Bertz CT molecular complexity index is 1050. The highest BCUT2D eigenvalue weighted by atomic mass is 79.9. The fourth-order valence-corrected chi connectivity index (χ4v) is 2.71. The third kappa shape index (κ3) is 4.84. The second kappa shape index (κ2) is 9.69. The van der Waals surface area contributed by atoms with Crippen molar-refractivity contribution in [1.29, 1.82) is 0 Å². The van der Waals surface area contributed by atoms with Crippen molar-refractivity contribution in [3.8, 4) is 11.5 Å². The summed E-state index contributed by atoms with van der Waals surface area (Å²) < 4.78 is 28.6. The molecule has 0 atom stereocenters. The zero-order valence-electron chi connectivity index (χ0n) is 15.7. The Kier molecular flexibility index (Phi) is 6.80. The molecule has 2 N–H and O–H groups in total. The highest BCUT2D eigenvalue weighted by Gasteiger charge is 2.21. The van der Waals surface area contributed by atoms with Crippen LogP contribution in [0.3, 0.4) is 0 Å². The van der Waals surface area contributed by atoms with E-state index in [9.17, 15) is 9.18 Å². The van der Waals surface area contributed by atoms with Gasteiger partial charge in [0.25, 0.3) is 5.91 Å². The van der Waals surface area contributed by atoms with E-state index in [1.807, 2.05) is 0 Å². The van der Waals surface area contributed by atoms with Crippen molar-refractivity contribution in [1.82, 2.24) is 10.3 Å². The first-order valence-electron chi connectivity index (χ1n) is 8.28. The molecule has 0 aliphatic rings. The molecule has 10 nitrogen and oxygen atoms in total. The lowest BCUT2D eigenvalue weighted by Crippen LogP contribution is -2.16. The molecule has 12 heteroatoms. The van der Waals surface area contributed by atoms with Gasteiger partial charge in [0, 0.05) is 0 Å². The molecule has 0 radical (unpaired) electrons. The van der Waals surface area contributed by atoms with E-state index in [0.717, 1.165) is 6.21 Å². The largest absolute Gasteiger partial charge is 0.496 e. The van der Waals surface area contributed by atoms with Crippen LogP contribution in [-0.4, -0.2) is 36.7 Å². The van der Waals surface area contributed by atoms with Crippen LogP contribution in [0, 0.1) is 5.82 Å². The van der Waals surface area contributed by atoms with Crippen LogP contribution >= 0.6 is 15.9 Å². The Morgan fingerprint density at radius 2 is 1.93 bits per heavy atom. The Balaban J connectivity index is 1.67. The molecule has 0 saturated carbocycles. The number of benzene rings is 2. The van der Waals surface area contributed by atoms with Gasteiger partial charge in [-0.1, -0.05) is 11.2 Å². The summed E-state index contributed by atoms with van der Waals surface area (Å²) in [7, 11) is 2.87. The summed E-state index contributed by atoms with van der Waals surface area (Å²) in [4.78, 5) is 17.6. The molecule has 3 rings (SSSR count).